The first kappa shape index (κ1) is 15.4. The fraction of sp³-hybridized carbons (Fsp3) is 0.429. The monoisotopic (exact) mass is 281 g/mol. The molecular formula is C14H19NO3S. The molecule has 0 aliphatic carbocycles. The molecule has 1 aromatic rings. The minimum Gasteiger partial charge on any atom is -0.465 e. The Balaban J connectivity index is 2.83. The van der Waals surface area contributed by atoms with Gasteiger partial charge in [0.15, 0.2) is 0 Å². The Morgan fingerprint density at radius 2 is 2.21 bits per heavy atom. The van der Waals surface area contributed by atoms with Gasteiger partial charge in [0.05, 0.1) is 11.5 Å². The van der Waals surface area contributed by atoms with Crippen LogP contribution in [-0.2, 0) is 16.0 Å². The van der Waals surface area contributed by atoms with Crippen molar-refractivity contribution in [2.45, 2.75) is 20.3 Å². The van der Waals surface area contributed by atoms with Crippen LogP contribution in [0.3, 0.4) is 0 Å². The first-order valence-corrected chi connectivity index (χ1v) is 7.14. The zero-order valence-corrected chi connectivity index (χ0v) is 12.2. The number of aryl methyl sites for hydroxylation is 1. The summed E-state index contributed by atoms with van der Waals surface area (Å²) in [4.78, 5) is 26.0. The SMILES string of the molecule is C=CCN(CC(=O)OCC)C(=O)c1sccc1CC. The van der Waals surface area contributed by atoms with Crippen LogP contribution >= 0.6 is 11.3 Å². The molecule has 1 aromatic heterocycles. The summed E-state index contributed by atoms with van der Waals surface area (Å²) in [5.74, 6) is -0.535. The number of thiophene rings is 1. The maximum absolute atomic E-state index is 12.4. The zero-order chi connectivity index (χ0) is 14.3. The average Bonchev–Trinajstić information content (AvgIpc) is 2.86. The van der Waals surface area contributed by atoms with E-state index in [9.17, 15) is 9.59 Å². The highest BCUT2D eigenvalue weighted by atomic mass is 32.1. The van der Waals surface area contributed by atoms with Crippen LogP contribution in [0.1, 0.15) is 29.1 Å². The van der Waals surface area contributed by atoms with Crippen molar-refractivity contribution in [1.82, 2.24) is 4.90 Å². The molecule has 0 radical (unpaired) electrons. The van der Waals surface area contributed by atoms with Crippen LogP contribution in [0.5, 0.6) is 0 Å². The van der Waals surface area contributed by atoms with Gasteiger partial charge >= 0.3 is 5.97 Å². The lowest BCUT2D eigenvalue weighted by Crippen LogP contribution is -2.36. The maximum Gasteiger partial charge on any atom is 0.325 e. The molecular weight excluding hydrogens is 262 g/mol. The third-order valence-corrected chi connectivity index (χ3v) is 3.53. The molecule has 0 aliphatic heterocycles. The Bertz CT molecular complexity index is 453. The van der Waals surface area contributed by atoms with Crippen molar-refractivity contribution >= 4 is 23.2 Å². The minimum absolute atomic E-state index is 0.0419. The van der Waals surface area contributed by atoms with Gasteiger partial charge in [-0.05, 0) is 30.4 Å². The van der Waals surface area contributed by atoms with Crippen LogP contribution in [0, 0.1) is 0 Å². The van der Waals surface area contributed by atoms with Crippen LogP contribution in [-0.4, -0.2) is 36.5 Å². The van der Waals surface area contributed by atoms with E-state index in [1.54, 1.807) is 13.0 Å². The van der Waals surface area contributed by atoms with Crippen LogP contribution in [0.25, 0.3) is 0 Å². The summed E-state index contributed by atoms with van der Waals surface area (Å²) >= 11 is 1.40. The van der Waals surface area contributed by atoms with E-state index < -0.39 is 5.97 Å². The van der Waals surface area contributed by atoms with Crippen LogP contribution < -0.4 is 0 Å². The number of carbonyl (C=O) groups excluding carboxylic acids is 2. The summed E-state index contributed by atoms with van der Waals surface area (Å²) in [6.07, 6.45) is 2.41. The molecule has 0 saturated carbocycles. The minimum atomic E-state index is -0.396. The standard InChI is InChI=1S/C14H19NO3S/c1-4-8-15(10-12(16)18-6-3)14(17)13-11(5-2)7-9-19-13/h4,7,9H,1,5-6,8,10H2,2-3H3. The van der Waals surface area contributed by atoms with Gasteiger partial charge in [-0.25, -0.2) is 0 Å². The van der Waals surface area contributed by atoms with E-state index in [1.165, 1.54) is 16.2 Å². The first-order valence-electron chi connectivity index (χ1n) is 6.26. The number of carbonyl (C=O) groups is 2. The van der Waals surface area contributed by atoms with Crippen molar-refractivity contribution < 1.29 is 14.3 Å². The summed E-state index contributed by atoms with van der Waals surface area (Å²) in [5, 5.41) is 1.89. The van der Waals surface area contributed by atoms with Gasteiger partial charge < -0.3 is 9.64 Å². The van der Waals surface area contributed by atoms with Gasteiger partial charge in [0, 0.05) is 6.54 Å². The van der Waals surface area contributed by atoms with Crippen molar-refractivity contribution in [2.24, 2.45) is 0 Å². The topological polar surface area (TPSA) is 46.6 Å². The number of ether oxygens (including phenoxy) is 1. The summed E-state index contributed by atoms with van der Waals surface area (Å²) < 4.78 is 4.88. The Kier molecular flexibility index (Phi) is 6.29. The van der Waals surface area contributed by atoms with Crippen molar-refractivity contribution in [3.05, 3.63) is 34.5 Å². The molecule has 5 heteroatoms. The lowest BCUT2D eigenvalue weighted by molar-refractivity contribution is -0.143. The Morgan fingerprint density at radius 3 is 2.79 bits per heavy atom. The van der Waals surface area contributed by atoms with E-state index in [2.05, 4.69) is 6.58 Å². The average molecular weight is 281 g/mol. The third kappa shape index (κ3) is 4.21. The van der Waals surface area contributed by atoms with E-state index >= 15 is 0 Å². The molecule has 1 rings (SSSR count). The lowest BCUT2D eigenvalue weighted by atomic mass is 10.2. The molecule has 1 heterocycles. The summed E-state index contributed by atoms with van der Waals surface area (Å²) in [6, 6.07) is 1.94. The second-order valence-corrected chi connectivity index (χ2v) is 4.82. The molecule has 1 amide bonds. The quantitative estimate of drug-likeness (QED) is 0.570. The van der Waals surface area contributed by atoms with Gasteiger partial charge in [0.25, 0.3) is 5.91 Å². The zero-order valence-electron chi connectivity index (χ0n) is 11.3. The molecule has 0 spiro atoms. The molecule has 0 saturated heterocycles. The first-order chi connectivity index (χ1) is 9.13. The molecule has 0 unspecified atom stereocenters. The molecule has 4 nitrogen and oxygen atoms in total. The molecule has 0 N–H and O–H groups in total. The maximum atomic E-state index is 12.4. The second kappa shape index (κ2) is 7.74. The van der Waals surface area contributed by atoms with Crippen molar-refractivity contribution in [2.75, 3.05) is 19.7 Å². The van der Waals surface area contributed by atoms with E-state index in [1.807, 2.05) is 18.4 Å². The highest BCUT2D eigenvalue weighted by molar-refractivity contribution is 7.12. The highest BCUT2D eigenvalue weighted by Gasteiger charge is 2.21. The van der Waals surface area contributed by atoms with Gasteiger partial charge in [0.2, 0.25) is 0 Å². The van der Waals surface area contributed by atoms with Crippen molar-refractivity contribution in [1.29, 1.82) is 0 Å². The van der Waals surface area contributed by atoms with E-state index in [0.717, 1.165) is 12.0 Å². The molecule has 0 aromatic carbocycles. The van der Waals surface area contributed by atoms with E-state index in [4.69, 9.17) is 4.74 Å². The lowest BCUT2D eigenvalue weighted by Gasteiger charge is -2.19. The number of amides is 1. The van der Waals surface area contributed by atoms with Crippen LogP contribution in [0.2, 0.25) is 0 Å². The number of hydrogen-bond donors (Lipinski definition) is 0. The Hall–Kier alpha value is -1.62. The van der Waals surface area contributed by atoms with Gasteiger partial charge in [-0.2, -0.15) is 0 Å². The normalized spacial score (nSPS) is 10.0. The van der Waals surface area contributed by atoms with Gasteiger partial charge in [0.1, 0.15) is 6.54 Å². The highest BCUT2D eigenvalue weighted by Crippen LogP contribution is 2.19. The summed E-state index contributed by atoms with van der Waals surface area (Å²) in [6.45, 7) is 7.97. The molecule has 104 valence electrons. The smallest absolute Gasteiger partial charge is 0.325 e. The predicted molar refractivity (Wildman–Crippen MR) is 76.4 cm³/mol. The summed E-state index contributed by atoms with van der Waals surface area (Å²) in [7, 11) is 0. The molecule has 0 atom stereocenters. The van der Waals surface area contributed by atoms with Gasteiger partial charge in [-0.1, -0.05) is 13.0 Å². The second-order valence-electron chi connectivity index (χ2n) is 3.91. The molecule has 0 bridgehead atoms. The molecule has 0 aliphatic rings. The number of rotatable bonds is 7. The summed E-state index contributed by atoms with van der Waals surface area (Å²) in [5.41, 5.74) is 1.01. The van der Waals surface area contributed by atoms with Crippen LogP contribution in [0.15, 0.2) is 24.1 Å². The number of nitrogens with zero attached hydrogens (tertiary/aromatic N) is 1. The third-order valence-electron chi connectivity index (χ3n) is 2.58. The van der Waals surface area contributed by atoms with Gasteiger partial charge in [-0.3, -0.25) is 9.59 Å². The Morgan fingerprint density at radius 1 is 1.47 bits per heavy atom. The van der Waals surface area contributed by atoms with Crippen molar-refractivity contribution in [3.63, 3.8) is 0 Å². The molecule has 0 fully saturated rings. The van der Waals surface area contributed by atoms with Crippen molar-refractivity contribution in [3.8, 4) is 0 Å². The number of hydrogen-bond acceptors (Lipinski definition) is 4. The fourth-order valence-corrected chi connectivity index (χ4v) is 2.64. The fourth-order valence-electron chi connectivity index (χ4n) is 1.68. The van der Waals surface area contributed by atoms with E-state index in [0.29, 0.717) is 18.0 Å². The molecule has 19 heavy (non-hydrogen) atoms. The predicted octanol–water partition coefficient (Wildman–Crippen LogP) is 2.50. The van der Waals surface area contributed by atoms with Crippen LogP contribution in [0.4, 0.5) is 0 Å². The Labute approximate surface area is 117 Å². The largest absolute Gasteiger partial charge is 0.465 e. The van der Waals surface area contributed by atoms with E-state index in [-0.39, 0.29) is 12.5 Å². The van der Waals surface area contributed by atoms with Gasteiger partial charge in [-0.15, -0.1) is 17.9 Å². The number of esters is 1.